The Hall–Kier alpha value is -3.49. The molecule has 34 heavy (non-hydrogen) atoms. The largest absolute Gasteiger partial charge is 0.486 e. The summed E-state index contributed by atoms with van der Waals surface area (Å²) in [6.45, 7) is 2.26. The van der Waals surface area contributed by atoms with Crippen LogP contribution in [-0.2, 0) is 11.3 Å². The molecule has 0 saturated carbocycles. The monoisotopic (exact) mass is 535 g/mol. The zero-order valence-corrected chi connectivity index (χ0v) is 20.4. The summed E-state index contributed by atoms with van der Waals surface area (Å²) in [6.07, 6.45) is 0. The summed E-state index contributed by atoms with van der Waals surface area (Å²) < 4.78 is 18.9. The predicted octanol–water partition coefficient (Wildman–Crippen LogP) is 6.59. The van der Waals surface area contributed by atoms with E-state index in [4.69, 9.17) is 13.9 Å². The molecule has 8 heteroatoms. The minimum atomic E-state index is -0.554. The van der Waals surface area contributed by atoms with Crippen molar-refractivity contribution in [2.45, 2.75) is 13.5 Å². The number of esters is 1. The van der Waals surface area contributed by atoms with Crippen molar-refractivity contribution < 1.29 is 18.7 Å². The lowest BCUT2D eigenvalue weighted by Crippen LogP contribution is -2.09. The molecule has 2 heterocycles. The lowest BCUT2D eigenvalue weighted by molar-refractivity contribution is 0.0527. The van der Waals surface area contributed by atoms with Gasteiger partial charge in [-0.1, -0.05) is 40.2 Å². The predicted molar refractivity (Wildman–Crippen MR) is 136 cm³/mol. The van der Waals surface area contributed by atoms with E-state index in [0.29, 0.717) is 33.5 Å². The molecule has 0 amide bonds. The Balaban J connectivity index is 1.48. The van der Waals surface area contributed by atoms with E-state index in [9.17, 15) is 9.59 Å². The molecule has 0 bridgehead atoms. The number of rotatable bonds is 6. The van der Waals surface area contributed by atoms with Gasteiger partial charge in [0.1, 0.15) is 28.7 Å². The van der Waals surface area contributed by atoms with Crippen LogP contribution in [0.3, 0.4) is 0 Å². The lowest BCUT2D eigenvalue weighted by Gasteiger charge is -2.10. The van der Waals surface area contributed by atoms with Crippen LogP contribution in [-0.4, -0.2) is 17.6 Å². The normalized spacial score (nSPS) is 11.1. The highest BCUT2D eigenvalue weighted by atomic mass is 79.9. The quantitative estimate of drug-likeness (QED) is 0.228. The van der Waals surface area contributed by atoms with Gasteiger partial charge in [-0.15, -0.1) is 11.3 Å². The Kier molecular flexibility index (Phi) is 6.17. The second kappa shape index (κ2) is 9.40. The van der Waals surface area contributed by atoms with Gasteiger partial charge in [0.2, 0.25) is 0 Å². The van der Waals surface area contributed by atoms with E-state index >= 15 is 0 Å². The first kappa shape index (κ1) is 22.3. The molecule has 5 rings (SSSR count). The van der Waals surface area contributed by atoms with Gasteiger partial charge in [-0.2, -0.15) is 0 Å². The molecule has 0 aliphatic carbocycles. The molecule has 0 N–H and O–H groups in total. The Labute approximate surface area is 206 Å². The molecule has 0 fully saturated rings. The maximum atomic E-state index is 12.9. The minimum Gasteiger partial charge on any atom is -0.486 e. The smallest absolute Gasteiger partial charge is 0.341 e. The summed E-state index contributed by atoms with van der Waals surface area (Å²) in [6, 6.07) is 19.8. The van der Waals surface area contributed by atoms with Crippen LogP contribution in [0.5, 0.6) is 5.75 Å². The number of aromatic nitrogens is 1. The van der Waals surface area contributed by atoms with Gasteiger partial charge in [-0.25, -0.2) is 9.78 Å². The van der Waals surface area contributed by atoms with Crippen molar-refractivity contribution in [1.82, 2.24) is 4.98 Å². The van der Waals surface area contributed by atoms with Crippen LogP contribution >= 0.6 is 27.3 Å². The van der Waals surface area contributed by atoms with Crippen molar-refractivity contribution in [2.24, 2.45) is 0 Å². The van der Waals surface area contributed by atoms with Crippen molar-refractivity contribution in [3.05, 3.63) is 92.0 Å². The van der Waals surface area contributed by atoms with E-state index in [1.54, 1.807) is 36.5 Å². The van der Waals surface area contributed by atoms with Crippen molar-refractivity contribution >= 4 is 54.4 Å². The van der Waals surface area contributed by atoms with Crippen LogP contribution in [0, 0.1) is 0 Å². The highest BCUT2D eigenvalue weighted by molar-refractivity contribution is 9.10. The van der Waals surface area contributed by atoms with E-state index in [1.807, 2.05) is 42.5 Å². The molecule has 0 atom stereocenters. The highest BCUT2D eigenvalue weighted by Gasteiger charge is 2.18. The van der Waals surface area contributed by atoms with Crippen LogP contribution in [0.4, 0.5) is 0 Å². The molecule has 3 aromatic carbocycles. The first-order valence-corrected chi connectivity index (χ1v) is 12.1. The van der Waals surface area contributed by atoms with Crippen LogP contribution in [0.15, 0.2) is 80.4 Å². The number of hydrogen-bond acceptors (Lipinski definition) is 7. The molecular weight excluding hydrogens is 518 g/mol. The summed E-state index contributed by atoms with van der Waals surface area (Å²) in [5.41, 5.74) is 1.71. The topological polar surface area (TPSA) is 78.6 Å². The third-order valence-corrected chi connectivity index (χ3v) is 6.58. The summed E-state index contributed by atoms with van der Waals surface area (Å²) in [5.74, 6) is 0.388. The van der Waals surface area contributed by atoms with Gasteiger partial charge in [0, 0.05) is 16.1 Å². The van der Waals surface area contributed by atoms with Crippen molar-refractivity contribution in [1.29, 1.82) is 0 Å². The van der Waals surface area contributed by atoms with Crippen molar-refractivity contribution in [3.8, 4) is 17.1 Å². The number of hydrogen-bond donors (Lipinski definition) is 0. The number of carbonyl (C=O) groups is 1. The van der Waals surface area contributed by atoms with Crippen LogP contribution < -0.4 is 10.2 Å². The van der Waals surface area contributed by atoms with Gasteiger partial charge in [-0.3, -0.25) is 4.79 Å². The van der Waals surface area contributed by atoms with Crippen molar-refractivity contribution in [3.63, 3.8) is 0 Å². The Bertz CT molecular complexity index is 1560. The Morgan fingerprint density at radius 2 is 1.94 bits per heavy atom. The average Bonchev–Trinajstić information content (AvgIpc) is 3.26. The molecule has 0 unspecified atom stereocenters. The van der Waals surface area contributed by atoms with Gasteiger partial charge in [0.05, 0.1) is 22.2 Å². The highest BCUT2D eigenvalue weighted by Crippen LogP contribution is 2.30. The Morgan fingerprint density at radius 3 is 2.76 bits per heavy atom. The third-order valence-electron chi connectivity index (χ3n) is 5.11. The Morgan fingerprint density at radius 1 is 1.09 bits per heavy atom. The molecule has 5 aromatic rings. The van der Waals surface area contributed by atoms with E-state index in [0.717, 1.165) is 15.2 Å². The third kappa shape index (κ3) is 4.47. The molecule has 0 saturated heterocycles. The van der Waals surface area contributed by atoms with Crippen LogP contribution in [0.1, 0.15) is 22.3 Å². The number of para-hydroxylation sites is 1. The summed E-state index contributed by atoms with van der Waals surface area (Å²) in [7, 11) is 0. The molecule has 0 aliphatic rings. The van der Waals surface area contributed by atoms with E-state index in [1.165, 1.54) is 6.07 Å². The number of thiazole rings is 1. The molecule has 0 radical (unpaired) electrons. The number of nitrogens with zero attached hydrogens (tertiary/aromatic N) is 1. The standard InChI is InChI=1S/C26H18BrNO5S/c1-2-31-26(30)19-12-16(27)11-18-21(29)13-22(33-25(18)19)15-6-5-7-17(10-15)32-14-24-28-20-8-3-4-9-23(20)34-24/h3-13H,2,14H2,1H3. The molecule has 0 spiro atoms. The molecule has 170 valence electrons. The number of benzene rings is 3. The van der Waals surface area contributed by atoms with Crippen LogP contribution in [0.2, 0.25) is 0 Å². The maximum Gasteiger partial charge on any atom is 0.341 e. The zero-order chi connectivity index (χ0) is 23.7. The number of halogens is 1. The molecule has 2 aromatic heterocycles. The first-order chi connectivity index (χ1) is 16.5. The van der Waals surface area contributed by atoms with E-state index in [-0.39, 0.29) is 23.2 Å². The lowest BCUT2D eigenvalue weighted by atomic mass is 10.1. The van der Waals surface area contributed by atoms with Gasteiger partial charge in [0.15, 0.2) is 11.0 Å². The van der Waals surface area contributed by atoms with Gasteiger partial charge in [-0.05, 0) is 43.3 Å². The second-order valence-corrected chi connectivity index (χ2v) is 9.45. The van der Waals surface area contributed by atoms with Crippen molar-refractivity contribution in [2.75, 3.05) is 6.61 Å². The van der Waals surface area contributed by atoms with Gasteiger partial charge < -0.3 is 13.9 Å². The molecular formula is C26H18BrNO5S. The number of carbonyl (C=O) groups excluding carboxylic acids is 1. The maximum absolute atomic E-state index is 12.9. The fourth-order valence-electron chi connectivity index (χ4n) is 3.59. The molecule has 0 aliphatic heterocycles. The summed E-state index contributed by atoms with van der Waals surface area (Å²) >= 11 is 4.93. The van der Waals surface area contributed by atoms with E-state index < -0.39 is 5.97 Å². The number of ether oxygens (including phenoxy) is 2. The zero-order valence-electron chi connectivity index (χ0n) is 18.0. The minimum absolute atomic E-state index is 0.185. The first-order valence-electron chi connectivity index (χ1n) is 10.5. The van der Waals surface area contributed by atoms with E-state index in [2.05, 4.69) is 20.9 Å². The fourth-order valence-corrected chi connectivity index (χ4v) is 4.93. The summed E-state index contributed by atoms with van der Waals surface area (Å²) in [5, 5.41) is 1.16. The second-order valence-electron chi connectivity index (χ2n) is 7.42. The fraction of sp³-hybridized carbons (Fsp3) is 0.115. The van der Waals surface area contributed by atoms with Gasteiger partial charge >= 0.3 is 5.97 Å². The summed E-state index contributed by atoms with van der Waals surface area (Å²) in [4.78, 5) is 29.9. The number of fused-ring (bicyclic) bond motifs is 2. The van der Waals surface area contributed by atoms with Crippen LogP contribution in [0.25, 0.3) is 32.5 Å². The van der Waals surface area contributed by atoms with Gasteiger partial charge in [0.25, 0.3) is 0 Å². The molecule has 6 nitrogen and oxygen atoms in total. The SMILES string of the molecule is CCOC(=O)c1cc(Br)cc2c(=O)cc(-c3cccc(OCc4nc5ccccc5s4)c3)oc12. The average molecular weight is 536 g/mol.